The van der Waals surface area contributed by atoms with Gasteiger partial charge in [0.15, 0.2) is 5.11 Å². The molecular weight excluding hydrogens is 436 g/mol. The zero-order chi connectivity index (χ0) is 22.8. The van der Waals surface area contributed by atoms with E-state index in [0.717, 1.165) is 36.5 Å². The van der Waals surface area contributed by atoms with Gasteiger partial charge >= 0.3 is 5.97 Å². The minimum absolute atomic E-state index is 0.0895. The van der Waals surface area contributed by atoms with Crippen LogP contribution in [0, 0.1) is 0 Å². The number of aromatic nitrogens is 2. The Kier molecular flexibility index (Phi) is 6.11. The molecule has 0 bridgehead atoms. The molecule has 0 spiro atoms. The number of esters is 1. The SMILES string of the molecule is COC(=O)c1cccc(-n2cccc2[C@H]2[C@H](c3ccccn3)NC(=S)N2C[C@@H]2CCCO2)c1. The highest BCUT2D eigenvalue weighted by Crippen LogP contribution is 2.40. The molecule has 7 nitrogen and oxygen atoms in total. The average molecular weight is 463 g/mol. The van der Waals surface area contributed by atoms with Gasteiger partial charge in [0.25, 0.3) is 0 Å². The first kappa shape index (κ1) is 21.6. The first-order valence-corrected chi connectivity index (χ1v) is 11.5. The lowest BCUT2D eigenvalue weighted by molar-refractivity contribution is 0.0600. The predicted molar refractivity (Wildman–Crippen MR) is 128 cm³/mol. The van der Waals surface area contributed by atoms with Gasteiger partial charge in [-0.2, -0.15) is 0 Å². The van der Waals surface area contributed by atoms with Crippen molar-refractivity contribution in [2.24, 2.45) is 0 Å². The van der Waals surface area contributed by atoms with Gasteiger partial charge in [-0.05, 0) is 67.5 Å². The maximum absolute atomic E-state index is 12.1. The summed E-state index contributed by atoms with van der Waals surface area (Å²) < 4.78 is 13.0. The number of hydrogen-bond acceptors (Lipinski definition) is 5. The Labute approximate surface area is 198 Å². The molecule has 170 valence electrons. The maximum Gasteiger partial charge on any atom is 0.337 e. The fourth-order valence-electron chi connectivity index (χ4n) is 4.70. The monoisotopic (exact) mass is 462 g/mol. The summed E-state index contributed by atoms with van der Waals surface area (Å²) in [7, 11) is 1.39. The van der Waals surface area contributed by atoms with Gasteiger partial charge in [-0.1, -0.05) is 12.1 Å². The molecule has 2 aliphatic rings. The van der Waals surface area contributed by atoms with Gasteiger partial charge in [0.05, 0.1) is 36.6 Å². The van der Waals surface area contributed by atoms with Crippen LogP contribution < -0.4 is 5.32 Å². The van der Waals surface area contributed by atoms with Crippen LogP contribution in [0.5, 0.6) is 0 Å². The minimum atomic E-state index is -0.361. The van der Waals surface area contributed by atoms with Gasteiger partial charge in [-0.3, -0.25) is 4.98 Å². The molecule has 1 aromatic carbocycles. The number of thiocarbonyl (C=S) groups is 1. The van der Waals surface area contributed by atoms with Crippen molar-refractivity contribution in [3.63, 3.8) is 0 Å². The summed E-state index contributed by atoms with van der Waals surface area (Å²) in [6.07, 6.45) is 6.07. The summed E-state index contributed by atoms with van der Waals surface area (Å²) in [5.74, 6) is -0.361. The summed E-state index contributed by atoms with van der Waals surface area (Å²) in [6.45, 7) is 1.51. The molecule has 2 aromatic heterocycles. The standard InChI is InChI=1S/C25H26N4O3S/c1-31-24(30)17-7-4-8-18(15-17)28-13-5-11-21(28)23-22(20-10-2-3-12-26-20)27-25(33)29(23)16-19-9-6-14-32-19/h2-5,7-8,10-13,15,19,22-23H,6,9,14,16H2,1H3,(H,27,33)/t19-,22-,23-/m0/s1. The number of pyridine rings is 1. The van der Waals surface area contributed by atoms with Crippen molar-refractivity contribution in [2.75, 3.05) is 20.3 Å². The average Bonchev–Trinajstić information content (AvgIpc) is 3.61. The molecule has 2 fully saturated rings. The number of nitrogens with one attached hydrogen (secondary N) is 1. The summed E-state index contributed by atoms with van der Waals surface area (Å²) in [4.78, 5) is 19.0. The van der Waals surface area contributed by atoms with Crippen LogP contribution >= 0.6 is 12.2 Å². The van der Waals surface area contributed by atoms with Gasteiger partial charge < -0.3 is 24.3 Å². The molecule has 2 aliphatic heterocycles. The van der Waals surface area contributed by atoms with E-state index in [4.69, 9.17) is 21.7 Å². The zero-order valence-electron chi connectivity index (χ0n) is 18.4. The van der Waals surface area contributed by atoms with E-state index in [1.165, 1.54) is 7.11 Å². The summed E-state index contributed by atoms with van der Waals surface area (Å²) in [5, 5.41) is 4.20. The van der Waals surface area contributed by atoms with Gasteiger partial charge in [0.1, 0.15) is 0 Å². The number of carbonyl (C=O) groups is 1. The fourth-order valence-corrected chi connectivity index (χ4v) is 5.02. The molecule has 33 heavy (non-hydrogen) atoms. The molecule has 3 atom stereocenters. The van der Waals surface area contributed by atoms with E-state index in [0.29, 0.717) is 17.2 Å². The molecule has 3 aromatic rings. The molecule has 1 N–H and O–H groups in total. The van der Waals surface area contributed by atoms with Crippen LogP contribution in [0.25, 0.3) is 5.69 Å². The van der Waals surface area contributed by atoms with Crippen LogP contribution in [0.2, 0.25) is 0 Å². The second kappa shape index (κ2) is 9.33. The number of benzene rings is 1. The largest absolute Gasteiger partial charge is 0.465 e. The number of methoxy groups -OCH3 is 1. The minimum Gasteiger partial charge on any atom is -0.465 e. The lowest BCUT2D eigenvalue weighted by Gasteiger charge is -2.30. The van der Waals surface area contributed by atoms with E-state index in [1.807, 2.05) is 48.7 Å². The summed E-state index contributed by atoms with van der Waals surface area (Å²) in [6, 6.07) is 17.3. The van der Waals surface area contributed by atoms with Gasteiger partial charge in [-0.25, -0.2) is 4.79 Å². The number of hydrogen-bond donors (Lipinski definition) is 1. The Balaban J connectivity index is 1.56. The highest BCUT2D eigenvalue weighted by atomic mass is 32.1. The maximum atomic E-state index is 12.1. The van der Waals surface area contributed by atoms with Crippen LogP contribution in [0.15, 0.2) is 67.0 Å². The lowest BCUT2D eigenvalue weighted by Crippen LogP contribution is -2.36. The topological polar surface area (TPSA) is 68.6 Å². The third kappa shape index (κ3) is 4.24. The fraction of sp³-hybridized carbons (Fsp3) is 0.320. The Bertz CT molecular complexity index is 1140. The molecule has 5 rings (SSSR count). The van der Waals surface area contributed by atoms with E-state index in [2.05, 4.69) is 25.8 Å². The second-order valence-corrected chi connectivity index (χ2v) is 8.65. The quantitative estimate of drug-likeness (QED) is 0.441. The van der Waals surface area contributed by atoms with E-state index >= 15 is 0 Å². The Morgan fingerprint density at radius 2 is 2.15 bits per heavy atom. The molecular formula is C25H26N4O3S. The third-order valence-electron chi connectivity index (χ3n) is 6.25. The molecule has 0 unspecified atom stereocenters. The van der Waals surface area contributed by atoms with Gasteiger partial charge in [0.2, 0.25) is 0 Å². The molecule has 0 aliphatic carbocycles. The zero-order valence-corrected chi connectivity index (χ0v) is 19.2. The van der Waals surface area contributed by atoms with Crippen molar-refractivity contribution in [1.82, 2.24) is 19.8 Å². The van der Waals surface area contributed by atoms with E-state index in [9.17, 15) is 4.79 Å². The van der Waals surface area contributed by atoms with Crippen molar-refractivity contribution in [1.29, 1.82) is 0 Å². The van der Waals surface area contributed by atoms with Crippen LogP contribution in [-0.4, -0.2) is 51.9 Å². The number of nitrogens with zero attached hydrogens (tertiary/aromatic N) is 3. The third-order valence-corrected chi connectivity index (χ3v) is 6.60. The first-order valence-electron chi connectivity index (χ1n) is 11.1. The number of carbonyl (C=O) groups excluding carboxylic acids is 1. The van der Waals surface area contributed by atoms with Gasteiger partial charge in [0, 0.05) is 36.9 Å². The number of ether oxygens (including phenoxy) is 2. The first-order chi connectivity index (χ1) is 16.2. The smallest absolute Gasteiger partial charge is 0.337 e. The van der Waals surface area contributed by atoms with Crippen LogP contribution in [0.3, 0.4) is 0 Å². The van der Waals surface area contributed by atoms with Crippen molar-refractivity contribution >= 4 is 23.3 Å². The summed E-state index contributed by atoms with van der Waals surface area (Å²) in [5.41, 5.74) is 3.37. The molecule has 8 heteroatoms. The van der Waals surface area contributed by atoms with E-state index in [-0.39, 0.29) is 24.2 Å². The molecule has 0 saturated carbocycles. The van der Waals surface area contributed by atoms with Crippen LogP contribution in [-0.2, 0) is 9.47 Å². The molecule has 2 saturated heterocycles. The Morgan fingerprint density at radius 1 is 1.24 bits per heavy atom. The molecule has 0 radical (unpaired) electrons. The van der Waals surface area contributed by atoms with Crippen LogP contribution in [0.4, 0.5) is 0 Å². The van der Waals surface area contributed by atoms with E-state index < -0.39 is 0 Å². The summed E-state index contributed by atoms with van der Waals surface area (Å²) >= 11 is 5.79. The highest BCUT2D eigenvalue weighted by molar-refractivity contribution is 7.80. The highest BCUT2D eigenvalue weighted by Gasteiger charge is 2.42. The van der Waals surface area contributed by atoms with E-state index in [1.54, 1.807) is 12.3 Å². The van der Waals surface area contributed by atoms with Gasteiger partial charge in [-0.15, -0.1) is 0 Å². The van der Waals surface area contributed by atoms with Crippen molar-refractivity contribution in [3.05, 3.63) is 83.9 Å². The lowest BCUT2D eigenvalue weighted by atomic mass is 10.0. The Hall–Kier alpha value is -3.23. The molecule has 4 heterocycles. The predicted octanol–water partition coefficient (Wildman–Crippen LogP) is 3.81. The normalized spacial score (nSPS) is 22.4. The second-order valence-electron chi connectivity index (χ2n) is 8.26. The number of rotatable bonds is 6. The molecule has 0 amide bonds. The van der Waals surface area contributed by atoms with Crippen molar-refractivity contribution in [3.8, 4) is 5.69 Å². The Morgan fingerprint density at radius 3 is 2.91 bits per heavy atom. The van der Waals surface area contributed by atoms with Crippen molar-refractivity contribution in [2.45, 2.75) is 31.0 Å². The van der Waals surface area contributed by atoms with Crippen molar-refractivity contribution < 1.29 is 14.3 Å². The van der Waals surface area contributed by atoms with Crippen LogP contribution in [0.1, 0.15) is 46.7 Å².